The van der Waals surface area contributed by atoms with Crippen molar-refractivity contribution < 1.29 is 4.74 Å². The Balaban J connectivity index is 1.56. The summed E-state index contributed by atoms with van der Waals surface area (Å²) in [5.74, 6) is 1.97. The molecule has 142 valence electrons. The van der Waals surface area contributed by atoms with Crippen LogP contribution in [0.2, 0.25) is 0 Å². The molecule has 0 aliphatic rings. The largest absolute Gasteiger partial charge is 0.493 e. The summed E-state index contributed by atoms with van der Waals surface area (Å²) in [6.07, 6.45) is 0.911. The van der Waals surface area contributed by atoms with E-state index < -0.39 is 0 Å². The molecule has 3 aromatic carbocycles. The molecule has 0 unspecified atom stereocenters. The fourth-order valence-electron chi connectivity index (χ4n) is 3.42. The highest BCUT2D eigenvalue weighted by molar-refractivity contribution is 9.10. The first-order valence-electron chi connectivity index (χ1n) is 9.53. The number of benzene rings is 3. The minimum absolute atomic E-state index is 0.675. The van der Waals surface area contributed by atoms with Gasteiger partial charge in [0, 0.05) is 16.6 Å². The Bertz CT molecular complexity index is 1120. The van der Waals surface area contributed by atoms with E-state index in [0.29, 0.717) is 6.61 Å². The second kappa shape index (κ2) is 8.19. The molecule has 0 saturated heterocycles. The number of hydrogen-bond acceptors (Lipinski definition) is 2. The van der Waals surface area contributed by atoms with Crippen molar-refractivity contribution in [2.45, 2.75) is 26.8 Å². The lowest BCUT2D eigenvalue weighted by molar-refractivity contribution is 0.301. The van der Waals surface area contributed by atoms with Crippen molar-refractivity contribution in [1.82, 2.24) is 9.55 Å². The molecule has 28 heavy (non-hydrogen) atoms. The molecule has 0 aliphatic heterocycles. The van der Waals surface area contributed by atoms with Crippen molar-refractivity contribution in [2.24, 2.45) is 0 Å². The first-order valence-corrected chi connectivity index (χ1v) is 10.3. The minimum atomic E-state index is 0.675. The van der Waals surface area contributed by atoms with Gasteiger partial charge in [0.05, 0.1) is 17.6 Å². The highest BCUT2D eigenvalue weighted by Crippen LogP contribution is 2.27. The van der Waals surface area contributed by atoms with E-state index in [1.807, 2.05) is 18.2 Å². The molecular weight excluding hydrogens is 412 g/mol. The maximum Gasteiger partial charge on any atom is 0.141 e. The number of halogens is 1. The van der Waals surface area contributed by atoms with Crippen molar-refractivity contribution >= 4 is 27.0 Å². The molecule has 4 rings (SSSR count). The van der Waals surface area contributed by atoms with E-state index in [4.69, 9.17) is 9.72 Å². The lowest BCUT2D eigenvalue weighted by Crippen LogP contribution is -2.06. The minimum Gasteiger partial charge on any atom is -0.493 e. The van der Waals surface area contributed by atoms with Crippen LogP contribution < -0.4 is 4.74 Å². The van der Waals surface area contributed by atoms with Gasteiger partial charge in [-0.1, -0.05) is 52.3 Å². The summed E-state index contributed by atoms with van der Waals surface area (Å²) < 4.78 is 9.40. The Hall–Kier alpha value is -2.59. The van der Waals surface area contributed by atoms with Crippen LogP contribution in [0.15, 0.2) is 71.2 Å². The van der Waals surface area contributed by atoms with Gasteiger partial charge in [-0.3, -0.25) is 0 Å². The molecule has 0 saturated carbocycles. The maximum atomic E-state index is 6.05. The van der Waals surface area contributed by atoms with Gasteiger partial charge in [0.15, 0.2) is 0 Å². The summed E-state index contributed by atoms with van der Waals surface area (Å²) in [6, 6.07) is 22.9. The highest BCUT2D eigenvalue weighted by Gasteiger charge is 2.12. The van der Waals surface area contributed by atoms with E-state index >= 15 is 0 Å². The Labute approximate surface area is 174 Å². The summed E-state index contributed by atoms with van der Waals surface area (Å²) in [5.41, 5.74) is 5.69. The normalized spacial score (nSPS) is 11.1. The predicted octanol–water partition coefficient (Wildman–Crippen LogP) is 6.55. The summed E-state index contributed by atoms with van der Waals surface area (Å²) in [7, 11) is 0. The van der Waals surface area contributed by atoms with Crippen LogP contribution in [0.5, 0.6) is 5.75 Å². The average Bonchev–Trinajstić information content (AvgIpc) is 3.06. The van der Waals surface area contributed by atoms with Crippen molar-refractivity contribution in [1.29, 1.82) is 0 Å². The molecule has 0 N–H and O–H groups in total. The molecule has 4 aromatic rings. The summed E-state index contributed by atoms with van der Waals surface area (Å²) >= 11 is 3.57. The van der Waals surface area contributed by atoms with Crippen LogP contribution in [0, 0.1) is 13.8 Å². The van der Waals surface area contributed by atoms with Crippen LogP contribution in [0.4, 0.5) is 0 Å². The van der Waals surface area contributed by atoms with Gasteiger partial charge in [-0.05, 0) is 61.7 Å². The number of nitrogens with zero attached hydrogens (tertiary/aromatic N) is 2. The standard InChI is InChI=1S/C24H23BrN2O/c1-17-11-12-18(2)23(15-17)28-14-6-13-27-22-10-4-3-9-21(22)26-24(27)19-7-5-8-20(25)16-19/h3-5,7-12,15-16H,6,13-14H2,1-2H3. The Morgan fingerprint density at radius 1 is 0.964 bits per heavy atom. The maximum absolute atomic E-state index is 6.05. The summed E-state index contributed by atoms with van der Waals surface area (Å²) in [6.45, 7) is 5.71. The fraction of sp³-hybridized carbons (Fsp3) is 0.208. The van der Waals surface area contributed by atoms with Crippen LogP contribution in [-0.2, 0) is 6.54 Å². The molecule has 0 bridgehead atoms. The fourth-order valence-corrected chi connectivity index (χ4v) is 3.82. The van der Waals surface area contributed by atoms with Crippen molar-refractivity contribution in [3.05, 3.63) is 82.3 Å². The number of para-hydroxylation sites is 2. The molecule has 0 aliphatic carbocycles. The van der Waals surface area contributed by atoms with E-state index in [1.54, 1.807) is 0 Å². The summed E-state index contributed by atoms with van der Waals surface area (Å²) in [5, 5.41) is 0. The monoisotopic (exact) mass is 434 g/mol. The van der Waals surface area contributed by atoms with E-state index in [0.717, 1.165) is 45.6 Å². The van der Waals surface area contributed by atoms with Gasteiger partial charge in [0.1, 0.15) is 11.6 Å². The molecule has 0 amide bonds. The molecule has 0 spiro atoms. The van der Waals surface area contributed by atoms with Crippen LogP contribution in [0.25, 0.3) is 22.4 Å². The SMILES string of the molecule is Cc1ccc(C)c(OCCCn2c(-c3cccc(Br)c3)nc3ccccc32)c1. The smallest absolute Gasteiger partial charge is 0.141 e. The lowest BCUT2D eigenvalue weighted by Gasteiger charge is -2.12. The van der Waals surface area contributed by atoms with Gasteiger partial charge in [-0.2, -0.15) is 0 Å². The zero-order chi connectivity index (χ0) is 19.5. The molecule has 0 fully saturated rings. The van der Waals surface area contributed by atoms with Gasteiger partial charge in [0.2, 0.25) is 0 Å². The first kappa shape index (κ1) is 18.8. The molecule has 3 nitrogen and oxygen atoms in total. The number of ether oxygens (including phenoxy) is 1. The van der Waals surface area contributed by atoms with E-state index in [2.05, 4.69) is 82.9 Å². The zero-order valence-corrected chi connectivity index (χ0v) is 17.7. The zero-order valence-electron chi connectivity index (χ0n) is 16.2. The van der Waals surface area contributed by atoms with Crippen LogP contribution >= 0.6 is 15.9 Å². The third-order valence-electron chi connectivity index (χ3n) is 4.86. The molecule has 4 heteroatoms. The number of rotatable bonds is 6. The Morgan fingerprint density at radius 2 is 1.82 bits per heavy atom. The van der Waals surface area contributed by atoms with Crippen LogP contribution in [0.1, 0.15) is 17.5 Å². The van der Waals surface area contributed by atoms with Gasteiger partial charge in [-0.25, -0.2) is 4.98 Å². The topological polar surface area (TPSA) is 27.1 Å². The van der Waals surface area contributed by atoms with E-state index in [-0.39, 0.29) is 0 Å². The third-order valence-corrected chi connectivity index (χ3v) is 5.36. The number of aromatic nitrogens is 2. The van der Waals surface area contributed by atoms with Crippen LogP contribution in [-0.4, -0.2) is 16.2 Å². The first-order chi connectivity index (χ1) is 13.6. The predicted molar refractivity (Wildman–Crippen MR) is 119 cm³/mol. The molecule has 0 radical (unpaired) electrons. The van der Waals surface area contributed by atoms with Gasteiger partial charge in [0.25, 0.3) is 0 Å². The summed E-state index contributed by atoms with van der Waals surface area (Å²) in [4.78, 5) is 4.89. The Kier molecular flexibility index (Phi) is 5.49. The van der Waals surface area contributed by atoms with Gasteiger partial charge >= 0.3 is 0 Å². The average molecular weight is 435 g/mol. The van der Waals surface area contributed by atoms with Crippen LogP contribution in [0.3, 0.4) is 0 Å². The third kappa shape index (κ3) is 3.97. The van der Waals surface area contributed by atoms with Crippen molar-refractivity contribution in [2.75, 3.05) is 6.61 Å². The Morgan fingerprint density at radius 3 is 2.68 bits per heavy atom. The second-order valence-electron chi connectivity index (χ2n) is 7.06. The quantitative estimate of drug-likeness (QED) is 0.321. The van der Waals surface area contributed by atoms with Gasteiger partial charge < -0.3 is 9.30 Å². The number of hydrogen-bond donors (Lipinski definition) is 0. The number of imidazole rings is 1. The molecule has 0 atom stereocenters. The number of aryl methyl sites for hydroxylation is 3. The molecule has 1 aromatic heterocycles. The lowest BCUT2D eigenvalue weighted by atomic mass is 10.1. The van der Waals surface area contributed by atoms with Crippen molar-refractivity contribution in [3.63, 3.8) is 0 Å². The van der Waals surface area contributed by atoms with Crippen molar-refractivity contribution in [3.8, 4) is 17.1 Å². The van der Waals surface area contributed by atoms with Gasteiger partial charge in [-0.15, -0.1) is 0 Å². The second-order valence-corrected chi connectivity index (χ2v) is 7.97. The molecular formula is C24H23BrN2O. The highest BCUT2D eigenvalue weighted by atomic mass is 79.9. The molecule has 1 heterocycles. The number of fused-ring (bicyclic) bond motifs is 1. The van der Waals surface area contributed by atoms with E-state index in [1.165, 1.54) is 11.1 Å². The van der Waals surface area contributed by atoms with E-state index in [9.17, 15) is 0 Å².